The van der Waals surface area contributed by atoms with Gasteiger partial charge < -0.3 is 5.32 Å². The van der Waals surface area contributed by atoms with Crippen LogP contribution < -0.4 is 5.32 Å². The van der Waals surface area contributed by atoms with Crippen molar-refractivity contribution < 1.29 is 0 Å². The van der Waals surface area contributed by atoms with E-state index in [2.05, 4.69) is 81.4 Å². The lowest BCUT2D eigenvalue weighted by Gasteiger charge is -2.19. The fraction of sp³-hybridized carbons (Fsp3) is 0.286. The highest BCUT2D eigenvalue weighted by molar-refractivity contribution is 9.11. The van der Waals surface area contributed by atoms with Gasteiger partial charge in [-0.15, -0.1) is 11.3 Å². The van der Waals surface area contributed by atoms with E-state index < -0.39 is 0 Å². The maximum atomic E-state index is 3.66. The normalized spacial score (nSPS) is 12.7. The first-order chi connectivity index (χ1) is 8.61. The molecule has 0 saturated heterocycles. The van der Waals surface area contributed by atoms with Gasteiger partial charge in [0.25, 0.3) is 0 Å². The number of halogens is 2. The van der Waals surface area contributed by atoms with Gasteiger partial charge in [0, 0.05) is 9.35 Å². The Morgan fingerprint density at radius 3 is 2.61 bits per heavy atom. The molecular weight excluding hydrogens is 374 g/mol. The summed E-state index contributed by atoms with van der Waals surface area (Å²) in [6, 6.07) is 11.0. The Labute approximate surface area is 129 Å². The third-order valence-corrected chi connectivity index (χ3v) is 5.16. The van der Waals surface area contributed by atoms with Crippen LogP contribution in [-0.4, -0.2) is 6.54 Å². The third-order valence-electron chi connectivity index (χ3n) is 2.75. The second-order valence-electron chi connectivity index (χ2n) is 4.16. The number of nitrogens with one attached hydrogen (secondary N) is 1. The summed E-state index contributed by atoms with van der Waals surface area (Å²) in [7, 11) is 0. The van der Waals surface area contributed by atoms with Gasteiger partial charge in [-0.2, -0.15) is 0 Å². The van der Waals surface area contributed by atoms with Crippen molar-refractivity contribution in [2.75, 3.05) is 6.54 Å². The van der Waals surface area contributed by atoms with Gasteiger partial charge in [-0.3, -0.25) is 0 Å². The molecule has 2 aromatic rings. The number of hydrogen-bond donors (Lipinski definition) is 1. The van der Waals surface area contributed by atoms with Crippen LogP contribution in [0.1, 0.15) is 29.0 Å². The summed E-state index contributed by atoms with van der Waals surface area (Å²) in [6.07, 6.45) is 0. The quantitative estimate of drug-likeness (QED) is 0.751. The van der Waals surface area contributed by atoms with Crippen LogP contribution in [0, 0.1) is 6.92 Å². The number of hydrogen-bond acceptors (Lipinski definition) is 2. The minimum absolute atomic E-state index is 0.251. The molecule has 1 unspecified atom stereocenters. The van der Waals surface area contributed by atoms with Crippen molar-refractivity contribution in [3.63, 3.8) is 0 Å². The number of benzene rings is 1. The molecule has 0 saturated carbocycles. The zero-order chi connectivity index (χ0) is 13.1. The molecule has 96 valence electrons. The Morgan fingerprint density at radius 2 is 2.00 bits per heavy atom. The van der Waals surface area contributed by atoms with Crippen LogP contribution in [0.5, 0.6) is 0 Å². The summed E-state index contributed by atoms with van der Waals surface area (Å²) in [4.78, 5) is 1.33. The minimum Gasteiger partial charge on any atom is -0.306 e. The van der Waals surface area contributed by atoms with Gasteiger partial charge in [0.2, 0.25) is 0 Å². The smallest absolute Gasteiger partial charge is 0.0702 e. The monoisotopic (exact) mass is 387 g/mol. The molecule has 0 amide bonds. The summed E-state index contributed by atoms with van der Waals surface area (Å²) in [5.74, 6) is 0. The lowest BCUT2D eigenvalue weighted by Crippen LogP contribution is -2.21. The topological polar surface area (TPSA) is 12.0 Å². The van der Waals surface area contributed by atoms with Gasteiger partial charge in [0.05, 0.1) is 9.83 Å². The van der Waals surface area contributed by atoms with Crippen molar-refractivity contribution >= 4 is 43.2 Å². The van der Waals surface area contributed by atoms with Gasteiger partial charge in [-0.05, 0) is 53.2 Å². The zero-order valence-electron chi connectivity index (χ0n) is 10.3. The molecule has 1 aromatic heterocycles. The fourth-order valence-electron chi connectivity index (χ4n) is 1.94. The third kappa shape index (κ3) is 3.23. The molecule has 0 fully saturated rings. The molecule has 1 aromatic carbocycles. The Balaban J connectivity index is 2.44. The van der Waals surface area contributed by atoms with Crippen LogP contribution in [0.25, 0.3) is 0 Å². The highest BCUT2D eigenvalue weighted by atomic mass is 79.9. The van der Waals surface area contributed by atoms with E-state index in [-0.39, 0.29) is 6.04 Å². The van der Waals surface area contributed by atoms with Gasteiger partial charge in [-0.25, -0.2) is 0 Å². The van der Waals surface area contributed by atoms with Gasteiger partial charge in [0.1, 0.15) is 0 Å². The summed E-state index contributed by atoms with van der Waals surface area (Å²) < 4.78 is 2.33. The second-order valence-corrected chi connectivity index (χ2v) is 7.51. The highest BCUT2D eigenvalue weighted by Gasteiger charge is 2.17. The number of rotatable bonds is 4. The molecule has 1 N–H and O–H groups in total. The molecular formula is C14H15Br2NS. The summed E-state index contributed by atoms with van der Waals surface area (Å²) >= 11 is 8.97. The molecule has 18 heavy (non-hydrogen) atoms. The largest absolute Gasteiger partial charge is 0.306 e. The second kappa shape index (κ2) is 6.33. The molecule has 2 rings (SSSR count). The molecule has 4 heteroatoms. The minimum atomic E-state index is 0.251. The molecule has 0 aliphatic carbocycles. The molecule has 1 atom stereocenters. The lowest BCUT2D eigenvalue weighted by molar-refractivity contribution is 0.637. The standard InChI is InChI=1S/C14H15Br2NS/c1-3-17-14(12-6-7-13(16)18-12)10-8-9(2)4-5-11(10)15/h4-8,14,17H,3H2,1-2H3. The number of thiophene rings is 1. The van der Waals surface area contributed by atoms with Crippen LogP contribution in [0.3, 0.4) is 0 Å². The first kappa shape index (κ1) is 14.3. The predicted octanol–water partition coefficient (Wildman–Crippen LogP) is 5.28. The molecule has 0 aliphatic heterocycles. The van der Waals surface area contributed by atoms with E-state index in [1.165, 1.54) is 19.8 Å². The van der Waals surface area contributed by atoms with E-state index in [0.717, 1.165) is 11.0 Å². The van der Waals surface area contributed by atoms with Gasteiger partial charge in [-0.1, -0.05) is 40.5 Å². The van der Waals surface area contributed by atoms with Gasteiger partial charge >= 0.3 is 0 Å². The maximum Gasteiger partial charge on any atom is 0.0702 e. The molecule has 0 bridgehead atoms. The maximum absolute atomic E-state index is 3.66. The summed E-state index contributed by atoms with van der Waals surface area (Å²) in [5.41, 5.74) is 2.58. The summed E-state index contributed by atoms with van der Waals surface area (Å²) in [6.45, 7) is 5.21. The van der Waals surface area contributed by atoms with Gasteiger partial charge in [0.15, 0.2) is 0 Å². The molecule has 0 radical (unpaired) electrons. The van der Waals surface area contributed by atoms with Crippen LogP contribution in [0.2, 0.25) is 0 Å². The average Bonchev–Trinajstić information content (AvgIpc) is 2.76. The van der Waals surface area contributed by atoms with Crippen LogP contribution in [-0.2, 0) is 0 Å². The molecule has 1 nitrogen and oxygen atoms in total. The van der Waals surface area contributed by atoms with Crippen LogP contribution >= 0.6 is 43.2 Å². The Morgan fingerprint density at radius 1 is 1.22 bits per heavy atom. The van der Waals surface area contributed by atoms with Crippen LogP contribution in [0.4, 0.5) is 0 Å². The Kier molecular flexibility index (Phi) is 5.01. The number of aryl methyl sites for hydroxylation is 1. The molecule has 0 spiro atoms. The van der Waals surface area contributed by atoms with Crippen molar-refractivity contribution in [1.29, 1.82) is 0 Å². The first-order valence-corrected chi connectivity index (χ1v) is 8.26. The van der Waals surface area contributed by atoms with Crippen molar-refractivity contribution in [3.05, 3.63) is 54.6 Å². The average molecular weight is 389 g/mol. The van der Waals surface area contributed by atoms with E-state index in [1.54, 1.807) is 11.3 Å². The predicted molar refractivity (Wildman–Crippen MR) is 86.4 cm³/mol. The fourth-order valence-corrected chi connectivity index (χ4v) is 3.93. The molecule has 1 heterocycles. The highest BCUT2D eigenvalue weighted by Crippen LogP contribution is 2.34. The zero-order valence-corrected chi connectivity index (χ0v) is 14.3. The van der Waals surface area contributed by atoms with Crippen molar-refractivity contribution in [2.24, 2.45) is 0 Å². The van der Waals surface area contributed by atoms with E-state index >= 15 is 0 Å². The Bertz CT molecular complexity index is 536. The Hall–Kier alpha value is -0.160. The SMILES string of the molecule is CCNC(c1ccc(Br)s1)c1cc(C)ccc1Br. The molecule has 0 aliphatic rings. The first-order valence-electron chi connectivity index (χ1n) is 5.86. The lowest BCUT2D eigenvalue weighted by atomic mass is 10.0. The van der Waals surface area contributed by atoms with Crippen molar-refractivity contribution in [3.8, 4) is 0 Å². The van der Waals surface area contributed by atoms with E-state index in [4.69, 9.17) is 0 Å². The summed E-state index contributed by atoms with van der Waals surface area (Å²) in [5, 5.41) is 3.56. The van der Waals surface area contributed by atoms with E-state index in [0.29, 0.717) is 0 Å². The van der Waals surface area contributed by atoms with E-state index in [9.17, 15) is 0 Å². The van der Waals surface area contributed by atoms with Crippen LogP contribution in [0.15, 0.2) is 38.6 Å². The van der Waals surface area contributed by atoms with Crippen molar-refractivity contribution in [1.82, 2.24) is 5.32 Å². The van der Waals surface area contributed by atoms with E-state index in [1.807, 2.05) is 0 Å². The van der Waals surface area contributed by atoms with Crippen molar-refractivity contribution in [2.45, 2.75) is 19.9 Å².